The van der Waals surface area contributed by atoms with Crippen molar-refractivity contribution in [1.82, 2.24) is 0 Å². The van der Waals surface area contributed by atoms with Crippen LogP contribution in [0.15, 0.2) is 22.7 Å². The number of thiocarbonyl (C=S) groups is 1. The number of anilines is 1. The molecule has 0 amide bonds. The van der Waals surface area contributed by atoms with Crippen LogP contribution in [0.3, 0.4) is 0 Å². The van der Waals surface area contributed by atoms with Gasteiger partial charge in [0, 0.05) is 21.8 Å². The summed E-state index contributed by atoms with van der Waals surface area (Å²) in [4.78, 5) is 0.444. The van der Waals surface area contributed by atoms with Crippen molar-refractivity contribution in [2.24, 2.45) is 11.7 Å². The summed E-state index contributed by atoms with van der Waals surface area (Å²) in [5.41, 5.74) is 7.74. The number of benzene rings is 1. The molecule has 0 bridgehead atoms. The average molecular weight is 313 g/mol. The summed E-state index contributed by atoms with van der Waals surface area (Å²) >= 11 is 8.53. The van der Waals surface area contributed by atoms with Gasteiger partial charge >= 0.3 is 0 Å². The molecule has 1 saturated carbocycles. The third-order valence-electron chi connectivity index (χ3n) is 3.30. The van der Waals surface area contributed by atoms with E-state index < -0.39 is 0 Å². The van der Waals surface area contributed by atoms with E-state index in [9.17, 15) is 0 Å². The molecular weight excluding hydrogens is 296 g/mol. The molecule has 92 valence electrons. The van der Waals surface area contributed by atoms with Crippen LogP contribution in [0.4, 0.5) is 5.69 Å². The molecule has 2 atom stereocenters. The summed E-state index contributed by atoms with van der Waals surface area (Å²) in [5.74, 6) is 0.816. The molecule has 4 heteroatoms. The predicted octanol–water partition coefficient (Wildman–Crippen LogP) is 3.68. The van der Waals surface area contributed by atoms with Gasteiger partial charge < -0.3 is 11.1 Å². The first kappa shape index (κ1) is 12.8. The van der Waals surface area contributed by atoms with Gasteiger partial charge in [0.25, 0.3) is 0 Å². The summed E-state index contributed by atoms with van der Waals surface area (Å²) in [7, 11) is 0. The van der Waals surface area contributed by atoms with E-state index in [-0.39, 0.29) is 0 Å². The molecule has 1 fully saturated rings. The maximum Gasteiger partial charge on any atom is 0.106 e. The lowest BCUT2D eigenvalue weighted by Crippen LogP contribution is -2.19. The lowest BCUT2D eigenvalue weighted by molar-refractivity contribution is 0.602. The fraction of sp³-hybridized carbons (Fsp3) is 0.462. The minimum Gasteiger partial charge on any atom is -0.389 e. The second kappa shape index (κ2) is 5.36. The van der Waals surface area contributed by atoms with Gasteiger partial charge in [0.1, 0.15) is 4.99 Å². The van der Waals surface area contributed by atoms with Crippen molar-refractivity contribution in [3.63, 3.8) is 0 Å². The van der Waals surface area contributed by atoms with Gasteiger partial charge in [-0.3, -0.25) is 0 Å². The molecular formula is C13H17BrN2S. The molecule has 0 heterocycles. The number of hydrogen-bond acceptors (Lipinski definition) is 2. The number of nitrogens with two attached hydrogens (primary N) is 1. The highest BCUT2D eigenvalue weighted by atomic mass is 79.9. The zero-order valence-electron chi connectivity index (χ0n) is 9.87. The molecule has 17 heavy (non-hydrogen) atoms. The fourth-order valence-corrected chi connectivity index (χ4v) is 2.93. The maximum atomic E-state index is 5.76. The second-order valence-corrected chi connectivity index (χ2v) is 6.17. The van der Waals surface area contributed by atoms with Crippen LogP contribution in [0.5, 0.6) is 0 Å². The van der Waals surface area contributed by atoms with Crippen LogP contribution in [-0.2, 0) is 0 Å². The Morgan fingerprint density at radius 2 is 2.24 bits per heavy atom. The van der Waals surface area contributed by atoms with E-state index in [2.05, 4.69) is 28.2 Å². The molecule has 3 N–H and O–H groups in total. The van der Waals surface area contributed by atoms with Crippen LogP contribution < -0.4 is 11.1 Å². The van der Waals surface area contributed by atoms with Gasteiger partial charge in [-0.05, 0) is 43.4 Å². The Bertz CT molecular complexity index is 433. The molecule has 1 aliphatic carbocycles. The highest BCUT2D eigenvalue weighted by Gasteiger charge is 2.21. The van der Waals surface area contributed by atoms with Gasteiger partial charge in [0.15, 0.2) is 0 Å². The predicted molar refractivity (Wildman–Crippen MR) is 80.5 cm³/mol. The van der Waals surface area contributed by atoms with Gasteiger partial charge in [-0.15, -0.1) is 0 Å². The number of nitrogens with one attached hydrogen (secondary N) is 1. The lowest BCUT2D eigenvalue weighted by atomic mass is 10.1. The Labute approximate surface area is 116 Å². The first-order valence-electron chi connectivity index (χ1n) is 5.92. The summed E-state index contributed by atoms with van der Waals surface area (Å²) in [6, 6.07) is 6.59. The Kier molecular flexibility index (Phi) is 4.05. The number of hydrogen-bond donors (Lipinski definition) is 2. The van der Waals surface area contributed by atoms with Crippen LogP contribution in [0.2, 0.25) is 0 Å². The number of rotatable bonds is 3. The first-order chi connectivity index (χ1) is 8.06. The van der Waals surface area contributed by atoms with E-state index in [0.29, 0.717) is 11.0 Å². The second-order valence-electron chi connectivity index (χ2n) is 4.81. The quantitative estimate of drug-likeness (QED) is 0.836. The van der Waals surface area contributed by atoms with Crippen molar-refractivity contribution in [1.29, 1.82) is 0 Å². The fourth-order valence-electron chi connectivity index (χ4n) is 2.40. The van der Waals surface area contributed by atoms with Crippen molar-refractivity contribution >= 4 is 38.8 Å². The SMILES string of the molecule is CC1CCC(Nc2ccc(Br)cc2C(N)=S)C1. The van der Waals surface area contributed by atoms with Crippen LogP contribution in [0.25, 0.3) is 0 Å². The van der Waals surface area contributed by atoms with Crippen molar-refractivity contribution in [3.05, 3.63) is 28.2 Å². The highest BCUT2D eigenvalue weighted by molar-refractivity contribution is 9.10. The minimum atomic E-state index is 0.444. The Hall–Kier alpha value is -0.610. The van der Waals surface area contributed by atoms with E-state index in [1.54, 1.807) is 0 Å². The van der Waals surface area contributed by atoms with E-state index in [1.165, 1.54) is 19.3 Å². The number of halogens is 1. The lowest BCUT2D eigenvalue weighted by Gasteiger charge is -2.17. The molecule has 0 aromatic heterocycles. The van der Waals surface area contributed by atoms with Crippen molar-refractivity contribution < 1.29 is 0 Å². The largest absolute Gasteiger partial charge is 0.389 e. The molecule has 0 radical (unpaired) electrons. The monoisotopic (exact) mass is 312 g/mol. The molecule has 1 aliphatic rings. The van der Waals surface area contributed by atoms with Gasteiger partial charge in [0.05, 0.1) is 0 Å². The van der Waals surface area contributed by atoms with Crippen LogP contribution >= 0.6 is 28.1 Å². The molecule has 0 aliphatic heterocycles. The average Bonchev–Trinajstić information content (AvgIpc) is 2.66. The van der Waals surface area contributed by atoms with Crippen LogP contribution in [-0.4, -0.2) is 11.0 Å². The zero-order chi connectivity index (χ0) is 12.4. The van der Waals surface area contributed by atoms with E-state index in [1.807, 2.05) is 18.2 Å². The topological polar surface area (TPSA) is 38.0 Å². The van der Waals surface area contributed by atoms with Crippen LogP contribution in [0, 0.1) is 5.92 Å². The zero-order valence-corrected chi connectivity index (χ0v) is 12.3. The van der Waals surface area contributed by atoms with E-state index in [0.717, 1.165) is 21.6 Å². The molecule has 2 rings (SSSR count). The van der Waals surface area contributed by atoms with E-state index >= 15 is 0 Å². The van der Waals surface area contributed by atoms with Gasteiger partial charge in [-0.25, -0.2) is 0 Å². The highest BCUT2D eigenvalue weighted by Crippen LogP contribution is 2.29. The summed E-state index contributed by atoms with van der Waals surface area (Å²) < 4.78 is 1.01. The molecule has 0 saturated heterocycles. The molecule has 1 aromatic carbocycles. The van der Waals surface area contributed by atoms with Gasteiger partial charge in [-0.1, -0.05) is 35.1 Å². The molecule has 2 nitrogen and oxygen atoms in total. The van der Waals surface area contributed by atoms with Gasteiger partial charge in [-0.2, -0.15) is 0 Å². The van der Waals surface area contributed by atoms with Gasteiger partial charge in [0.2, 0.25) is 0 Å². The maximum absolute atomic E-state index is 5.76. The summed E-state index contributed by atoms with van der Waals surface area (Å²) in [5, 5.41) is 3.56. The summed E-state index contributed by atoms with van der Waals surface area (Å²) in [6.45, 7) is 2.30. The van der Waals surface area contributed by atoms with Crippen LogP contribution in [0.1, 0.15) is 31.7 Å². The Balaban J connectivity index is 2.17. The summed E-state index contributed by atoms with van der Waals surface area (Å²) in [6.07, 6.45) is 3.76. The van der Waals surface area contributed by atoms with Crippen molar-refractivity contribution in [3.8, 4) is 0 Å². The standard InChI is InChI=1S/C13H17BrN2S/c1-8-2-4-10(6-8)16-12-5-3-9(14)7-11(12)13(15)17/h3,5,7-8,10,16H,2,4,6H2,1H3,(H2,15,17). The normalized spacial score (nSPS) is 23.6. The third-order valence-corrected chi connectivity index (χ3v) is 4.01. The Morgan fingerprint density at radius 1 is 1.47 bits per heavy atom. The molecule has 2 unspecified atom stereocenters. The molecule has 0 spiro atoms. The van der Waals surface area contributed by atoms with Crippen molar-refractivity contribution in [2.75, 3.05) is 5.32 Å². The van der Waals surface area contributed by atoms with E-state index in [4.69, 9.17) is 18.0 Å². The first-order valence-corrected chi connectivity index (χ1v) is 7.12. The smallest absolute Gasteiger partial charge is 0.106 e. The molecule has 1 aromatic rings. The van der Waals surface area contributed by atoms with Crippen molar-refractivity contribution in [2.45, 2.75) is 32.2 Å². The minimum absolute atomic E-state index is 0.444. The third kappa shape index (κ3) is 3.19. The Morgan fingerprint density at radius 3 is 2.82 bits per heavy atom.